The number of hydrogen-bond donors (Lipinski definition) is 1. The van der Waals surface area contributed by atoms with Gasteiger partial charge in [-0.15, -0.1) is 5.10 Å². The SMILES string of the molecule is Cc1nnnn1-c1cccc(NS(=O)(=O)c2ccc(Cl)c(Cl)c2)c1. The fraction of sp³-hybridized carbons (Fsp3) is 0.0714. The Morgan fingerprint density at radius 3 is 2.54 bits per heavy atom. The third-order valence-electron chi connectivity index (χ3n) is 3.17. The Balaban J connectivity index is 1.93. The van der Waals surface area contributed by atoms with E-state index in [0.29, 0.717) is 17.2 Å². The molecular weight excluding hydrogens is 373 g/mol. The van der Waals surface area contributed by atoms with Crippen LogP contribution in [0.1, 0.15) is 5.82 Å². The molecular formula is C14H11Cl2N5O2S. The summed E-state index contributed by atoms with van der Waals surface area (Å²) in [6.07, 6.45) is 0. The highest BCUT2D eigenvalue weighted by Gasteiger charge is 2.16. The number of anilines is 1. The molecule has 0 saturated heterocycles. The molecule has 0 radical (unpaired) electrons. The zero-order valence-electron chi connectivity index (χ0n) is 12.3. The lowest BCUT2D eigenvalue weighted by Gasteiger charge is -2.10. The molecule has 0 spiro atoms. The van der Waals surface area contributed by atoms with Crippen molar-refractivity contribution < 1.29 is 8.42 Å². The normalized spacial score (nSPS) is 11.5. The molecule has 1 N–H and O–H groups in total. The van der Waals surface area contributed by atoms with Gasteiger partial charge in [-0.2, -0.15) is 4.68 Å². The largest absolute Gasteiger partial charge is 0.280 e. The first-order chi connectivity index (χ1) is 11.4. The molecule has 0 aliphatic carbocycles. The average Bonchev–Trinajstić information content (AvgIpc) is 2.96. The molecule has 24 heavy (non-hydrogen) atoms. The first-order valence-electron chi connectivity index (χ1n) is 6.70. The summed E-state index contributed by atoms with van der Waals surface area (Å²) in [5.41, 5.74) is 1.00. The Bertz CT molecular complexity index is 1000. The summed E-state index contributed by atoms with van der Waals surface area (Å²) < 4.78 is 28.9. The Hall–Kier alpha value is -2.16. The van der Waals surface area contributed by atoms with Crippen LogP contribution in [-0.2, 0) is 10.0 Å². The predicted octanol–water partition coefficient (Wildman–Crippen LogP) is 3.08. The molecule has 3 aromatic rings. The molecule has 1 heterocycles. The van der Waals surface area contributed by atoms with E-state index < -0.39 is 10.0 Å². The number of hydrogen-bond acceptors (Lipinski definition) is 5. The standard InChI is InChI=1S/C14H11Cl2N5O2S/c1-9-17-19-20-21(9)11-4-2-3-10(7-11)18-24(22,23)12-5-6-13(15)14(16)8-12/h2-8,18H,1H3. The van der Waals surface area contributed by atoms with Crippen LogP contribution in [0.15, 0.2) is 47.4 Å². The molecule has 2 aromatic carbocycles. The maximum Gasteiger partial charge on any atom is 0.261 e. The molecule has 0 bridgehead atoms. The molecule has 0 saturated carbocycles. The van der Waals surface area contributed by atoms with Crippen LogP contribution < -0.4 is 4.72 Å². The minimum Gasteiger partial charge on any atom is -0.280 e. The van der Waals surface area contributed by atoms with E-state index in [2.05, 4.69) is 20.2 Å². The van der Waals surface area contributed by atoms with Gasteiger partial charge in [0.05, 0.1) is 26.3 Å². The number of halogens is 2. The molecule has 0 fully saturated rings. The van der Waals surface area contributed by atoms with Crippen molar-refractivity contribution in [3.8, 4) is 5.69 Å². The van der Waals surface area contributed by atoms with Gasteiger partial charge in [0.1, 0.15) is 0 Å². The highest BCUT2D eigenvalue weighted by Crippen LogP contribution is 2.26. The van der Waals surface area contributed by atoms with Crippen LogP contribution >= 0.6 is 23.2 Å². The third-order valence-corrected chi connectivity index (χ3v) is 5.29. The number of sulfonamides is 1. The van der Waals surface area contributed by atoms with Gasteiger partial charge < -0.3 is 0 Å². The second-order valence-corrected chi connectivity index (χ2v) is 7.37. The van der Waals surface area contributed by atoms with Gasteiger partial charge in [0.15, 0.2) is 5.82 Å². The molecule has 0 amide bonds. The first-order valence-corrected chi connectivity index (χ1v) is 8.94. The number of nitrogens with zero attached hydrogens (tertiary/aromatic N) is 4. The van der Waals surface area contributed by atoms with Crippen molar-refractivity contribution in [1.29, 1.82) is 0 Å². The summed E-state index contributed by atoms with van der Waals surface area (Å²) >= 11 is 11.7. The minimum atomic E-state index is -3.80. The molecule has 10 heteroatoms. The van der Waals surface area contributed by atoms with Gasteiger partial charge in [-0.25, -0.2) is 8.42 Å². The summed E-state index contributed by atoms with van der Waals surface area (Å²) in [6.45, 7) is 1.74. The van der Waals surface area contributed by atoms with E-state index in [0.717, 1.165) is 0 Å². The second kappa shape index (κ2) is 6.39. The van der Waals surface area contributed by atoms with Crippen molar-refractivity contribution in [2.24, 2.45) is 0 Å². The number of benzene rings is 2. The van der Waals surface area contributed by atoms with Crippen LogP contribution in [0, 0.1) is 6.92 Å². The maximum atomic E-state index is 12.5. The fourth-order valence-electron chi connectivity index (χ4n) is 2.03. The van der Waals surface area contributed by atoms with Crippen molar-refractivity contribution in [1.82, 2.24) is 20.2 Å². The Morgan fingerprint density at radius 2 is 1.88 bits per heavy atom. The monoisotopic (exact) mass is 383 g/mol. The van der Waals surface area contributed by atoms with Gasteiger partial charge in [-0.1, -0.05) is 29.3 Å². The zero-order chi connectivity index (χ0) is 17.3. The van der Waals surface area contributed by atoms with Crippen LogP contribution in [0.4, 0.5) is 5.69 Å². The van der Waals surface area contributed by atoms with Crippen molar-refractivity contribution in [2.45, 2.75) is 11.8 Å². The predicted molar refractivity (Wildman–Crippen MR) is 91.2 cm³/mol. The number of aromatic nitrogens is 4. The molecule has 124 valence electrons. The number of aryl methyl sites for hydroxylation is 1. The van der Waals surface area contributed by atoms with E-state index >= 15 is 0 Å². The number of tetrazole rings is 1. The maximum absolute atomic E-state index is 12.5. The summed E-state index contributed by atoms with van der Waals surface area (Å²) in [7, 11) is -3.80. The second-order valence-electron chi connectivity index (χ2n) is 4.87. The summed E-state index contributed by atoms with van der Waals surface area (Å²) in [5, 5.41) is 11.7. The summed E-state index contributed by atoms with van der Waals surface area (Å²) in [4.78, 5) is 0.0147. The van der Waals surface area contributed by atoms with E-state index in [9.17, 15) is 8.42 Å². The van der Waals surface area contributed by atoms with Crippen LogP contribution in [-0.4, -0.2) is 28.6 Å². The average molecular weight is 384 g/mol. The Morgan fingerprint density at radius 1 is 1.08 bits per heavy atom. The van der Waals surface area contributed by atoms with Crippen molar-refractivity contribution in [3.05, 3.63) is 58.3 Å². The van der Waals surface area contributed by atoms with Crippen LogP contribution in [0.2, 0.25) is 10.0 Å². The molecule has 0 aliphatic heterocycles. The topological polar surface area (TPSA) is 89.8 Å². The first kappa shape index (κ1) is 16.7. The third kappa shape index (κ3) is 3.35. The fourth-order valence-corrected chi connectivity index (χ4v) is 3.47. The zero-order valence-corrected chi connectivity index (χ0v) is 14.6. The van der Waals surface area contributed by atoms with Crippen LogP contribution in [0.25, 0.3) is 5.69 Å². The van der Waals surface area contributed by atoms with Crippen molar-refractivity contribution in [3.63, 3.8) is 0 Å². The van der Waals surface area contributed by atoms with Gasteiger partial charge in [-0.05, 0) is 53.7 Å². The van der Waals surface area contributed by atoms with E-state index in [1.807, 2.05) is 0 Å². The number of rotatable bonds is 4. The molecule has 7 nitrogen and oxygen atoms in total. The van der Waals surface area contributed by atoms with E-state index in [4.69, 9.17) is 23.2 Å². The molecule has 0 unspecified atom stereocenters. The van der Waals surface area contributed by atoms with Gasteiger partial charge in [0.25, 0.3) is 10.0 Å². The lowest BCUT2D eigenvalue weighted by Crippen LogP contribution is -2.13. The highest BCUT2D eigenvalue weighted by molar-refractivity contribution is 7.92. The highest BCUT2D eigenvalue weighted by atomic mass is 35.5. The van der Waals surface area contributed by atoms with Gasteiger partial charge in [0, 0.05) is 0 Å². The minimum absolute atomic E-state index is 0.0147. The smallest absolute Gasteiger partial charge is 0.261 e. The van der Waals surface area contributed by atoms with Gasteiger partial charge in [-0.3, -0.25) is 4.72 Å². The van der Waals surface area contributed by atoms with E-state index in [1.54, 1.807) is 31.2 Å². The molecule has 0 aliphatic rings. The number of nitrogens with one attached hydrogen (secondary N) is 1. The van der Waals surface area contributed by atoms with E-state index in [1.165, 1.54) is 22.9 Å². The van der Waals surface area contributed by atoms with Crippen LogP contribution in [0.3, 0.4) is 0 Å². The van der Waals surface area contributed by atoms with Crippen LogP contribution in [0.5, 0.6) is 0 Å². The van der Waals surface area contributed by atoms with Crippen molar-refractivity contribution >= 4 is 38.9 Å². The molecule has 1 aromatic heterocycles. The lowest BCUT2D eigenvalue weighted by molar-refractivity contribution is 0.601. The van der Waals surface area contributed by atoms with E-state index in [-0.39, 0.29) is 14.9 Å². The Labute approximate surface area is 148 Å². The summed E-state index contributed by atoms with van der Waals surface area (Å²) in [5.74, 6) is 0.583. The van der Waals surface area contributed by atoms with Crippen molar-refractivity contribution in [2.75, 3.05) is 4.72 Å². The molecule has 0 atom stereocenters. The Kier molecular flexibility index (Phi) is 4.44. The quantitative estimate of drug-likeness (QED) is 0.747. The van der Waals surface area contributed by atoms with Gasteiger partial charge in [0.2, 0.25) is 0 Å². The summed E-state index contributed by atoms with van der Waals surface area (Å²) in [6, 6.07) is 10.8. The molecule has 3 rings (SSSR count). The lowest BCUT2D eigenvalue weighted by atomic mass is 10.3. The van der Waals surface area contributed by atoms with Gasteiger partial charge >= 0.3 is 0 Å².